The van der Waals surface area contributed by atoms with E-state index in [1.54, 1.807) is 0 Å². The molecular formula is C11H14FNO4. The molecule has 94 valence electrons. The van der Waals surface area contributed by atoms with Crippen LogP contribution in [0.5, 0.6) is 5.75 Å². The van der Waals surface area contributed by atoms with Crippen molar-refractivity contribution in [1.29, 1.82) is 0 Å². The second kappa shape index (κ2) is 6.05. The molecule has 0 radical (unpaired) electrons. The SMILES string of the molecule is COc1ccc(F)cc1NCC(O)CC(=O)O. The quantitative estimate of drug-likeness (QED) is 0.696. The van der Waals surface area contributed by atoms with E-state index in [0.717, 1.165) is 0 Å². The fraction of sp³-hybridized carbons (Fsp3) is 0.364. The van der Waals surface area contributed by atoms with E-state index in [-0.39, 0.29) is 13.0 Å². The Bertz CT molecular complexity index is 397. The number of methoxy groups -OCH3 is 1. The largest absolute Gasteiger partial charge is 0.495 e. The van der Waals surface area contributed by atoms with Crippen LogP contribution < -0.4 is 10.1 Å². The average Bonchev–Trinajstić information content (AvgIpc) is 2.25. The van der Waals surface area contributed by atoms with E-state index in [1.165, 1.54) is 25.3 Å². The third-order valence-corrected chi connectivity index (χ3v) is 2.10. The molecule has 0 aliphatic heterocycles. The van der Waals surface area contributed by atoms with E-state index < -0.39 is 17.9 Å². The summed E-state index contributed by atoms with van der Waals surface area (Å²) in [6.07, 6.45) is -1.41. The molecule has 0 amide bonds. The number of carbonyl (C=O) groups is 1. The Hall–Kier alpha value is -1.82. The standard InChI is InChI=1S/C11H14FNO4/c1-17-10-3-2-7(12)4-9(10)13-6-8(14)5-11(15)16/h2-4,8,13-14H,5-6H2,1H3,(H,15,16). The highest BCUT2D eigenvalue weighted by Crippen LogP contribution is 2.24. The van der Waals surface area contributed by atoms with Gasteiger partial charge in [0.2, 0.25) is 0 Å². The zero-order valence-electron chi connectivity index (χ0n) is 9.31. The molecule has 0 aromatic heterocycles. The van der Waals surface area contributed by atoms with Crippen molar-refractivity contribution in [3.63, 3.8) is 0 Å². The second-order valence-electron chi connectivity index (χ2n) is 3.48. The zero-order valence-corrected chi connectivity index (χ0v) is 9.31. The maximum atomic E-state index is 13.0. The summed E-state index contributed by atoms with van der Waals surface area (Å²) < 4.78 is 18.0. The number of carboxylic acid groups (broad SMARTS) is 1. The van der Waals surface area contributed by atoms with Crippen LogP contribution in [0, 0.1) is 5.82 Å². The van der Waals surface area contributed by atoms with Crippen molar-refractivity contribution in [2.24, 2.45) is 0 Å². The van der Waals surface area contributed by atoms with Gasteiger partial charge in [-0.1, -0.05) is 0 Å². The van der Waals surface area contributed by atoms with Crippen molar-refractivity contribution in [3.05, 3.63) is 24.0 Å². The Balaban J connectivity index is 2.61. The third kappa shape index (κ3) is 4.28. The lowest BCUT2D eigenvalue weighted by Gasteiger charge is -2.13. The summed E-state index contributed by atoms with van der Waals surface area (Å²) in [4.78, 5) is 10.3. The molecule has 6 heteroatoms. The predicted molar refractivity (Wildman–Crippen MR) is 59.7 cm³/mol. The minimum Gasteiger partial charge on any atom is -0.495 e. The summed E-state index contributed by atoms with van der Waals surface area (Å²) in [7, 11) is 1.44. The smallest absolute Gasteiger partial charge is 0.306 e. The molecule has 1 rings (SSSR count). The summed E-state index contributed by atoms with van der Waals surface area (Å²) in [5, 5.41) is 20.5. The Morgan fingerprint density at radius 3 is 2.88 bits per heavy atom. The zero-order chi connectivity index (χ0) is 12.8. The van der Waals surface area contributed by atoms with E-state index in [9.17, 15) is 14.3 Å². The fourth-order valence-corrected chi connectivity index (χ4v) is 1.32. The normalized spacial score (nSPS) is 11.9. The number of rotatable bonds is 6. The van der Waals surface area contributed by atoms with Gasteiger partial charge in [-0.05, 0) is 12.1 Å². The van der Waals surface area contributed by atoms with Crippen molar-refractivity contribution in [3.8, 4) is 5.75 Å². The summed E-state index contributed by atoms with van der Waals surface area (Å²) in [5.74, 6) is -1.11. The number of halogens is 1. The average molecular weight is 243 g/mol. The van der Waals surface area contributed by atoms with E-state index in [2.05, 4.69) is 5.32 Å². The van der Waals surface area contributed by atoms with Crippen LogP contribution in [0.2, 0.25) is 0 Å². The third-order valence-electron chi connectivity index (χ3n) is 2.10. The molecule has 0 saturated heterocycles. The molecule has 0 saturated carbocycles. The molecule has 5 nitrogen and oxygen atoms in total. The topological polar surface area (TPSA) is 78.8 Å². The van der Waals surface area contributed by atoms with Gasteiger partial charge in [0.05, 0.1) is 25.3 Å². The number of hydrogen-bond acceptors (Lipinski definition) is 4. The molecule has 3 N–H and O–H groups in total. The second-order valence-corrected chi connectivity index (χ2v) is 3.48. The van der Waals surface area contributed by atoms with Gasteiger partial charge in [0.15, 0.2) is 0 Å². The number of nitrogens with one attached hydrogen (secondary N) is 1. The van der Waals surface area contributed by atoms with E-state index >= 15 is 0 Å². The molecule has 17 heavy (non-hydrogen) atoms. The lowest BCUT2D eigenvalue weighted by Crippen LogP contribution is -2.22. The number of benzene rings is 1. The van der Waals surface area contributed by atoms with Crippen molar-refractivity contribution in [1.82, 2.24) is 0 Å². The van der Waals surface area contributed by atoms with Crippen molar-refractivity contribution in [2.45, 2.75) is 12.5 Å². The van der Waals surface area contributed by atoms with Crippen LogP contribution in [0.1, 0.15) is 6.42 Å². The van der Waals surface area contributed by atoms with Crippen LogP contribution in [0.4, 0.5) is 10.1 Å². The monoisotopic (exact) mass is 243 g/mol. The summed E-state index contributed by atoms with van der Waals surface area (Å²) in [6, 6.07) is 3.91. The predicted octanol–water partition coefficient (Wildman–Crippen LogP) is 1.08. The van der Waals surface area contributed by atoms with Gasteiger partial charge in [0, 0.05) is 12.6 Å². The highest BCUT2D eigenvalue weighted by Gasteiger charge is 2.11. The Labute approximate surface area is 97.8 Å². The van der Waals surface area contributed by atoms with Gasteiger partial charge in [0.1, 0.15) is 11.6 Å². The Morgan fingerprint density at radius 1 is 1.59 bits per heavy atom. The molecule has 0 aliphatic carbocycles. The molecule has 0 bridgehead atoms. The van der Waals surface area contributed by atoms with Crippen molar-refractivity contribution < 1.29 is 24.1 Å². The number of aliphatic carboxylic acids is 1. The minimum absolute atomic E-state index is 0.00606. The van der Waals surface area contributed by atoms with Gasteiger partial charge in [0.25, 0.3) is 0 Å². The number of ether oxygens (including phenoxy) is 1. The van der Waals surface area contributed by atoms with Crippen LogP contribution >= 0.6 is 0 Å². The first-order valence-electron chi connectivity index (χ1n) is 5.00. The van der Waals surface area contributed by atoms with E-state index in [1.807, 2.05) is 0 Å². The van der Waals surface area contributed by atoms with Gasteiger partial charge in [-0.15, -0.1) is 0 Å². The maximum absolute atomic E-state index is 13.0. The number of aliphatic hydroxyl groups is 1. The first-order chi connectivity index (χ1) is 8.02. The van der Waals surface area contributed by atoms with Gasteiger partial charge >= 0.3 is 5.97 Å². The lowest BCUT2D eigenvalue weighted by molar-refractivity contribution is -0.138. The molecule has 0 heterocycles. The van der Waals surface area contributed by atoms with Crippen LogP contribution in [0.25, 0.3) is 0 Å². The van der Waals surface area contributed by atoms with Gasteiger partial charge in [-0.2, -0.15) is 0 Å². The summed E-state index contributed by atoms with van der Waals surface area (Å²) in [6.45, 7) is 0.00606. The van der Waals surface area contributed by atoms with E-state index in [0.29, 0.717) is 11.4 Å². The number of aliphatic hydroxyl groups excluding tert-OH is 1. The highest BCUT2D eigenvalue weighted by atomic mass is 19.1. The first kappa shape index (κ1) is 13.2. The van der Waals surface area contributed by atoms with Crippen LogP contribution in [0.15, 0.2) is 18.2 Å². The molecular weight excluding hydrogens is 229 g/mol. The molecule has 1 unspecified atom stereocenters. The fourth-order valence-electron chi connectivity index (χ4n) is 1.32. The minimum atomic E-state index is -1.09. The molecule has 1 aromatic carbocycles. The first-order valence-corrected chi connectivity index (χ1v) is 5.00. The molecule has 0 fully saturated rings. The maximum Gasteiger partial charge on any atom is 0.306 e. The van der Waals surface area contributed by atoms with Crippen LogP contribution in [-0.2, 0) is 4.79 Å². The number of anilines is 1. The molecule has 1 atom stereocenters. The van der Waals surface area contributed by atoms with E-state index in [4.69, 9.17) is 9.84 Å². The molecule has 1 aromatic rings. The molecule has 0 aliphatic rings. The van der Waals surface area contributed by atoms with Crippen molar-refractivity contribution >= 4 is 11.7 Å². The lowest BCUT2D eigenvalue weighted by atomic mass is 10.2. The van der Waals surface area contributed by atoms with Gasteiger partial charge in [-0.3, -0.25) is 4.79 Å². The number of hydrogen-bond donors (Lipinski definition) is 3. The number of carboxylic acids is 1. The molecule has 0 spiro atoms. The van der Waals surface area contributed by atoms with Crippen LogP contribution in [0.3, 0.4) is 0 Å². The van der Waals surface area contributed by atoms with Crippen molar-refractivity contribution in [2.75, 3.05) is 19.0 Å². The summed E-state index contributed by atoms with van der Waals surface area (Å²) in [5.41, 5.74) is 0.372. The Kier molecular flexibility index (Phi) is 4.71. The van der Waals surface area contributed by atoms with Crippen LogP contribution in [-0.4, -0.2) is 35.9 Å². The van der Waals surface area contributed by atoms with Gasteiger partial charge < -0.3 is 20.3 Å². The Morgan fingerprint density at radius 2 is 2.29 bits per heavy atom. The van der Waals surface area contributed by atoms with Gasteiger partial charge in [-0.25, -0.2) is 4.39 Å². The summed E-state index contributed by atoms with van der Waals surface area (Å²) >= 11 is 0. The highest BCUT2D eigenvalue weighted by molar-refractivity contribution is 5.67.